The first-order chi connectivity index (χ1) is 8.97. The van der Waals surface area contributed by atoms with Crippen LogP contribution in [0, 0.1) is 0 Å². The van der Waals surface area contributed by atoms with E-state index in [9.17, 15) is 15.0 Å². The lowest BCUT2D eigenvalue weighted by Crippen LogP contribution is -2.21. The lowest BCUT2D eigenvalue weighted by Gasteiger charge is -2.17. The minimum atomic E-state index is -1.03. The quantitative estimate of drug-likeness (QED) is 0.907. The van der Waals surface area contributed by atoms with Crippen molar-refractivity contribution in [3.05, 3.63) is 28.2 Å². The van der Waals surface area contributed by atoms with Crippen LogP contribution in [0.25, 0.3) is 10.2 Å². The van der Waals surface area contributed by atoms with E-state index in [-0.39, 0.29) is 10.9 Å². The molecule has 2 unspecified atom stereocenters. The van der Waals surface area contributed by atoms with Crippen molar-refractivity contribution in [3.8, 4) is 0 Å². The second-order valence-electron chi connectivity index (χ2n) is 4.01. The molecule has 2 rings (SSSR count). The molecule has 0 aliphatic carbocycles. The first-order valence-electron chi connectivity index (χ1n) is 5.53. The van der Waals surface area contributed by atoms with E-state index < -0.39 is 12.2 Å². The fraction of sp³-hybridized carbons (Fsp3) is 0.333. The maximum atomic E-state index is 10.8. The SMILES string of the molecule is CC(=O)SCC(O)C(O)c1ccc2nc(Cl)sc2c1. The summed E-state index contributed by atoms with van der Waals surface area (Å²) in [5, 5.41) is 19.8. The third-order valence-corrected chi connectivity index (χ3v) is 4.59. The van der Waals surface area contributed by atoms with E-state index >= 15 is 0 Å². The van der Waals surface area contributed by atoms with Crippen LogP contribution in [0.5, 0.6) is 0 Å². The number of hydrogen-bond acceptors (Lipinski definition) is 6. The number of aromatic nitrogens is 1. The van der Waals surface area contributed by atoms with Crippen LogP contribution in [0.2, 0.25) is 4.47 Å². The Balaban J connectivity index is 2.15. The van der Waals surface area contributed by atoms with Crippen molar-refractivity contribution >= 4 is 50.0 Å². The second kappa shape index (κ2) is 6.19. The van der Waals surface area contributed by atoms with Crippen molar-refractivity contribution in [2.75, 3.05) is 5.75 Å². The number of benzene rings is 1. The van der Waals surface area contributed by atoms with Gasteiger partial charge < -0.3 is 10.2 Å². The van der Waals surface area contributed by atoms with Crippen molar-refractivity contribution in [3.63, 3.8) is 0 Å². The maximum Gasteiger partial charge on any atom is 0.185 e. The van der Waals surface area contributed by atoms with E-state index in [0.29, 0.717) is 10.0 Å². The van der Waals surface area contributed by atoms with Gasteiger partial charge in [-0.3, -0.25) is 4.79 Å². The Labute approximate surface area is 123 Å². The molecular weight excluding hydrogens is 306 g/mol. The molecule has 102 valence electrons. The molecule has 0 aliphatic rings. The van der Waals surface area contributed by atoms with Crippen molar-refractivity contribution in [2.45, 2.75) is 19.1 Å². The topological polar surface area (TPSA) is 70.4 Å². The molecule has 0 spiro atoms. The zero-order valence-corrected chi connectivity index (χ0v) is 12.4. The largest absolute Gasteiger partial charge is 0.389 e. The van der Waals surface area contributed by atoms with E-state index in [2.05, 4.69) is 4.98 Å². The van der Waals surface area contributed by atoms with Gasteiger partial charge in [-0.05, 0) is 17.7 Å². The number of halogens is 1. The van der Waals surface area contributed by atoms with E-state index in [0.717, 1.165) is 22.0 Å². The number of carbonyl (C=O) groups is 1. The molecule has 0 amide bonds. The van der Waals surface area contributed by atoms with Crippen molar-refractivity contribution in [1.82, 2.24) is 4.98 Å². The monoisotopic (exact) mass is 317 g/mol. The summed E-state index contributed by atoms with van der Waals surface area (Å²) in [5.41, 5.74) is 1.35. The normalized spacial score (nSPS) is 14.5. The Bertz CT molecular complexity index is 602. The highest BCUT2D eigenvalue weighted by atomic mass is 35.5. The highest BCUT2D eigenvalue weighted by Crippen LogP contribution is 2.29. The zero-order valence-electron chi connectivity index (χ0n) is 10.0. The molecule has 0 bridgehead atoms. The van der Waals surface area contributed by atoms with Crippen LogP contribution in [0.1, 0.15) is 18.6 Å². The number of nitrogens with zero attached hydrogens (tertiary/aromatic N) is 1. The molecule has 1 heterocycles. The minimum absolute atomic E-state index is 0.0871. The van der Waals surface area contributed by atoms with Gasteiger partial charge in [0, 0.05) is 12.7 Å². The lowest BCUT2D eigenvalue weighted by atomic mass is 10.1. The number of aliphatic hydroxyl groups excluding tert-OH is 2. The average Bonchev–Trinajstić information content (AvgIpc) is 2.73. The van der Waals surface area contributed by atoms with Gasteiger partial charge in [-0.15, -0.1) is 11.3 Å². The summed E-state index contributed by atoms with van der Waals surface area (Å²) in [7, 11) is 0. The summed E-state index contributed by atoms with van der Waals surface area (Å²) in [5.74, 6) is 0.165. The maximum absolute atomic E-state index is 10.8. The van der Waals surface area contributed by atoms with Gasteiger partial charge >= 0.3 is 0 Å². The Hall–Kier alpha value is -0.660. The van der Waals surface area contributed by atoms with E-state index in [1.165, 1.54) is 18.3 Å². The Morgan fingerprint density at radius 3 is 2.95 bits per heavy atom. The summed E-state index contributed by atoms with van der Waals surface area (Å²) in [4.78, 5) is 14.9. The number of hydrogen-bond donors (Lipinski definition) is 2. The number of thioether (sulfide) groups is 1. The van der Waals surface area contributed by atoms with Crippen LogP contribution in [-0.4, -0.2) is 32.2 Å². The molecule has 7 heteroatoms. The molecule has 0 saturated carbocycles. The molecule has 0 aliphatic heterocycles. The predicted molar refractivity (Wildman–Crippen MR) is 78.7 cm³/mol. The van der Waals surface area contributed by atoms with E-state index in [4.69, 9.17) is 11.6 Å². The highest BCUT2D eigenvalue weighted by Gasteiger charge is 2.19. The van der Waals surface area contributed by atoms with Gasteiger partial charge in [-0.2, -0.15) is 0 Å². The Morgan fingerprint density at radius 2 is 2.26 bits per heavy atom. The molecule has 2 N–H and O–H groups in total. The summed E-state index contributed by atoms with van der Waals surface area (Å²) in [6.45, 7) is 1.43. The molecule has 0 fully saturated rings. The third kappa shape index (κ3) is 3.67. The molecule has 0 saturated heterocycles. The molecule has 1 aromatic carbocycles. The van der Waals surface area contributed by atoms with Crippen molar-refractivity contribution < 1.29 is 15.0 Å². The van der Waals surface area contributed by atoms with Gasteiger partial charge in [0.1, 0.15) is 6.10 Å². The molecule has 19 heavy (non-hydrogen) atoms. The second-order valence-corrected chi connectivity index (χ2v) is 6.82. The zero-order chi connectivity index (χ0) is 14.0. The van der Waals surface area contributed by atoms with Crippen LogP contribution in [0.3, 0.4) is 0 Å². The highest BCUT2D eigenvalue weighted by molar-refractivity contribution is 8.13. The smallest absolute Gasteiger partial charge is 0.185 e. The van der Waals surface area contributed by atoms with Gasteiger partial charge in [0.05, 0.1) is 16.3 Å². The minimum Gasteiger partial charge on any atom is -0.389 e. The predicted octanol–water partition coefficient (Wildman–Crippen LogP) is 2.62. The Kier molecular flexibility index (Phi) is 4.81. The number of carbonyl (C=O) groups excluding carboxylic acids is 1. The number of fused-ring (bicyclic) bond motifs is 1. The number of thiazole rings is 1. The first kappa shape index (κ1) is 14.7. The average molecular weight is 318 g/mol. The van der Waals surface area contributed by atoms with Crippen molar-refractivity contribution in [1.29, 1.82) is 0 Å². The lowest BCUT2D eigenvalue weighted by molar-refractivity contribution is -0.109. The molecular formula is C12H12ClNO3S2. The first-order valence-corrected chi connectivity index (χ1v) is 7.71. The summed E-state index contributed by atoms with van der Waals surface area (Å²) >= 11 is 8.12. The van der Waals surface area contributed by atoms with Gasteiger partial charge in [-0.1, -0.05) is 29.4 Å². The fourth-order valence-electron chi connectivity index (χ4n) is 1.61. The number of aliphatic hydroxyl groups is 2. The van der Waals surface area contributed by atoms with Crippen LogP contribution >= 0.6 is 34.7 Å². The van der Waals surface area contributed by atoms with E-state index in [1.807, 2.05) is 0 Å². The van der Waals surface area contributed by atoms with Crippen molar-refractivity contribution in [2.24, 2.45) is 0 Å². The molecule has 2 atom stereocenters. The van der Waals surface area contributed by atoms with Gasteiger partial charge in [0.25, 0.3) is 0 Å². The standard InChI is InChI=1S/C12H12ClNO3S2/c1-6(15)18-5-9(16)11(17)7-2-3-8-10(4-7)19-12(13)14-8/h2-4,9,11,16-17H,5H2,1H3. The molecule has 4 nitrogen and oxygen atoms in total. The van der Waals surface area contributed by atoms with Crippen LogP contribution in [0.4, 0.5) is 0 Å². The van der Waals surface area contributed by atoms with Gasteiger partial charge in [0.15, 0.2) is 9.58 Å². The van der Waals surface area contributed by atoms with E-state index in [1.54, 1.807) is 18.2 Å². The fourth-order valence-corrected chi connectivity index (χ4v) is 3.28. The number of rotatable bonds is 4. The van der Waals surface area contributed by atoms with Crippen LogP contribution in [0.15, 0.2) is 18.2 Å². The van der Waals surface area contributed by atoms with Crippen LogP contribution in [-0.2, 0) is 4.79 Å². The van der Waals surface area contributed by atoms with Gasteiger partial charge in [-0.25, -0.2) is 4.98 Å². The summed E-state index contributed by atoms with van der Waals surface area (Å²) in [6, 6.07) is 5.21. The Morgan fingerprint density at radius 1 is 1.53 bits per heavy atom. The summed E-state index contributed by atoms with van der Waals surface area (Å²) < 4.78 is 1.29. The molecule has 1 aromatic heterocycles. The summed E-state index contributed by atoms with van der Waals surface area (Å²) in [6.07, 6.45) is -2.02. The molecule has 2 aromatic rings. The third-order valence-electron chi connectivity index (χ3n) is 2.55. The molecule has 0 radical (unpaired) electrons. The van der Waals surface area contributed by atoms with Gasteiger partial charge in [0.2, 0.25) is 0 Å². The van der Waals surface area contributed by atoms with Crippen LogP contribution < -0.4 is 0 Å².